The topological polar surface area (TPSA) is 43.6 Å². The van der Waals surface area contributed by atoms with Crippen LogP contribution in [0.5, 0.6) is 0 Å². The number of fused-ring (bicyclic) bond motifs is 11. The third kappa shape index (κ3) is 5.71. The van der Waals surface area contributed by atoms with Gasteiger partial charge in [-0.05, 0) is 105 Å². The van der Waals surface area contributed by atoms with Crippen LogP contribution in [0.25, 0.3) is 135 Å². The summed E-state index contributed by atoms with van der Waals surface area (Å²) in [6.45, 7) is 0. The van der Waals surface area contributed by atoms with Gasteiger partial charge in [-0.2, -0.15) is 0 Å². The van der Waals surface area contributed by atoms with Gasteiger partial charge in [-0.25, -0.2) is 15.0 Å². The van der Waals surface area contributed by atoms with Crippen LogP contribution in [0.4, 0.5) is 0 Å². The molecule has 0 amide bonds. The molecule has 14 rings (SSSR count). The molecule has 14 aromatic rings. The van der Waals surface area contributed by atoms with Gasteiger partial charge >= 0.3 is 0 Å². The first kappa shape index (κ1) is 36.5. The number of hydrogen-bond acceptors (Lipinski definition) is 5. The van der Waals surface area contributed by atoms with Crippen LogP contribution in [0.2, 0.25) is 0 Å². The van der Waals surface area contributed by atoms with E-state index in [1.54, 1.807) is 0 Å². The maximum atomic E-state index is 5.47. The van der Waals surface area contributed by atoms with E-state index in [0.29, 0.717) is 17.5 Å². The lowest BCUT2D eigenvalue weighted by atomic mass is 9.90. The Labute approximate surface area is 381 Å². The normalized spacial score (nSPS) is 12.0. The first-order chi connectivity index (χ1) is 32.2. The zero-order valence-electron chi connectivity index (χ0n) is 34.7. The molecule has 0 aliphatic rings. The number of nitrogens with zero attached hydrogens (tertiary/aromatic N) is 4. The maximum absolute atomic E-state index is 5.47. The van der Waals surface area contributed by atoms with Gasteiger partial charge < -0.3 is 4.57 Å². The van der Waals surface area contributed by atoms with Crippen molar-refractivity contribution in [3.8, 4) is 51.0 Å². The summed E-state index contributed by atoms with van der Waals surface area (Å²) in [6.07, 6.45) is 0. The van der Waals surface area contributed by atoms with E-state index < -0.39 is 0 Å². The molecule has 0 radical (unpaired) electrons. The van der Waals surface area contributed by atoms with Crippen molar-refractivity contribution >= 4 is 106 Å². The fourth-order valence-corrected chi connectivity index (χ4v) is 12.3. The Morgan fingerprint density at radius 2 is 0.938 bits per heavy atom. The minimum absolute atomic E-state index is 0.625. The van der Waals surface area contributed by atoms with E-state index in [9.17, 15) is 0 Å². The Hall–Kier alpha value is -8.03. The van der Waals surface area contributed by atoms with E-state index >= 15 is 0 Å². The second kappa shape index (κ2) is 14.2. The smallest absolute Gasteiger partial charge is 0.164 e. The first-order valence-electron chi connectivity index (χ1n) is 21.8. The van der Waals surface area contributed by atoms with E-state index in [-0.39, 0.29) is 0 Å². The molecular formula is C59H34N4S2. The Balaban J connectivity index is 1.10. The lowest BCUT2D eigenvalue weighted by Gasteiger charge is -2.18. The van der Waals surface area contributed by atoms with E-state index in [2.05, 4.69) is 193 Å². The average Bonchev–Trinajstić information content (AvgIpc) is 4.04. The highest BCUT2D eigenvalue weighted by atomic mass is 32.1. The van der Waals surface area contributed by atoms with Crippen LogP contribution in [0.15, 0.2) is 206 Å². The van der Waals surface area contributed by atoms with Gasteiger partial charge in [0.25, 0.3) is 0 Å². The summed E-state index contributed by atoms with van der Waals surface area (Å²) in [6, 6.07) is 74.6. The standard InChI is InChI=1S/C59H34N4S2/c1-2-14-35(15-3-1)57-60-58(39-26-29-53-47(31-39)43-21-9-12-24-51(43)64-53)62-59(61-57)44-28-27-40(63-49-23-11-8-20-42(49)46-30-36-16-4-5-17-37(36)32-50(46)63)34-48(44)55-41-19-7-6-18-38(41)33-54-56(55)45-22-10-13-25-52(45)65-54/h1-34H. The molecule has 0 unspecified atom stereocenters. The first-order valence-corrected chi connectivity index (χ1v) is 23.5. The molecule has 0 bridgehead atoms. The van der Waals surface area contributed by atoms with Gasteiger partial charge in [0.05, 0.1) is 11.0 Å². The van der Waals surface area contributed by atoms with Crippen LogP contribution in [-0.4, -0.2) is 19.5 Å². The molecule has 4 heterocycles. The summed E-state index contributed by atoms with van der Waals surface area (Å²) in [7, 11) is 0. The minimum atomic E-state index is 0.625. The van der Waals surface area contributed by atoms with Crippen LogP contribution < -0.4 is 0 Å². The number of hydrogen-bond donors (Lipinski definition) is 0. The van der Waals surface area contributed by atoms with E-state index in [1.165, 1.54) is 78.2 Å². The van der Waals surface area contributed by atoms with Gasteiger partial charge in [0.15, 0.2) is 17.5 Å². The highest BCUT2D eigenvalue weighted by Gasteiger charge is 2.23. The van der Waals surface area contributed by atoms with Crippen molar-refractivity contribution in [3.05, 3.63) is 206 Å². The van der Waals surface area contributed by atoms with Crippen molar-refractivity contribution in [3.63, 3.8) is 0 Å². The van der Waals surface area contributed by atoms with Gasteiger partial charge in [0.1, 0.15) is 0 Å². The van der Waals surface area contributed by atoms with Crippen molar-refractivity contribution in [2.45, 2.75) is 0 Å². The largest absolute Gasteiger partial charge is 0.309 e. The summed E-state index contributed by atoms with van der Waals surface area (Å²) in [4.78, 5) is 16.1. The summed E-state index contributed by atoms with van der Waals surface area (Å²) >= 11 is 3.67. The minimum Gasteiger partial charge on any atom is -0.309 e. The van der Waals surface area contributed by atoms with Crippen LogP contribution in [-0.2, 0) is 0 Å². The fraction of sp³-hybridized carbons (Fsp3) is 0. The average molecular weight is 863 g/mol. The highest BCUT2D eigenvalue weighted by Crippen LogP contribution is 2.48. The second-order valence-electron chi connectivity index (χ2n) is 16.7. The molecule has 10 aromatic carbocycles. The van der Waals surface area contributed by atoms with Gasteiger partial charge in [-0.15, -0.1) is 22.7 Å². The summed E-state index contributed by atoms with van der Waals surface area (Å²) in [5, 5.41) is 12.2. The number of benzene rings is 10. The lowest BCUT2D eigenvalue weighted by molar-refractivity contribution is 1.07. The Morgan fingerprint density at radius 1 is 0.323 bits per heavy atom. The van der Waals surface area contributed by atoms with Crippen molar-refractivity contribution in [2.75, 3.05) is 0 Å². The monoisotopic (exact) mass is 862 g/mol. The van der Waals surface area contributed by atoms with Crippen LogP contribution in [0.1, 0.15) is 0 Å². The van der Waals surface area contributed by atoms with Crippen LogP contribution in [0, 0.1) is 0 Å². The number of aromatic nitrogens is 4. The Kier molecular flexibility index (Phi) is 7.99. The third-order valence-corrected chi connectivity index (χ3v) is 15.3. The molecule has 4 nitrogen and oxygen atoms in total. The highest BCUT2D eigenvalue weighted by molar-refractivity contribution is 7.26. The Morgan fingerprint density at radius 3 is 1.77 bits per heavy atom. The number of rotatable bonds is 5. The molecular weight excluding hydrogens is 829 g/mol. The molecule has 302 valence electrons. The molecule has 65 heavy (non-hydrogen) atoms. The fourth-order valence-electron chi connectivity index (χ4n) is 10.0. The van der Waals surface area contributed by atoms with Gasteiger partial charge in [0.2, 0.25) is 0 Å². The third-order valence-electron chi connectivity index (χ3n) is 13.0. The predicted molar refractivity (Wildman–Crippen MR) is 277 cm³/mol. The van der Waals surface area contributed by atoms with Crippen molar-refractivity contribution in [1.29, 1.82) is 0 Å². The van der Waals surface area contributed by atoms with Crippen molar-refractivity contribution in [1.82, 2.24) is 19.5 Å². The Bertz CT molecular complexity index is 4250. The van der Waals surface area contributed by atoms with Crippen molar-refractivity contribution in [2.24, 2.45) is 0 Å². The molecule has 6 heteroatoms. The molecule has 0 aliphatic carbocycles. The molecule has 0 fully saturated rings. The number of para-hydroxylation sites is 1. The van der Waals surface area contributed by atoms with E-state index in [0.717, 1.165) is 39.0 Å². The van der Waals surface area contributed by atoms with Gasteiger partial charge in [-0.3, -0.25) is 0 Å². The zero-order chi connectivity index (χ0) is 42.6. The maximum Gasteiger partial charge on any atom is 0.164 e. The van der Waals surface area contributed by atoms with Crippen LogP contribution in [0.3, 0.4) is 0 Å². The van der Waals surface area contributed by atoms with Crippen molar-refractivity contribution < 1.29 is 0 Å². The predicted octanol–water partition coefficient (Wildman–Crippen LogP) is 16.7. The van der Waals surface area contributed by atoms with Crippen LogP contribution >= 0.6 is 22.7 Å². The molecule has 0 atom stereocenters. The molecule has 0 saturated carbocycles. The van der Waals surface area contributed by atoms with Gasteiger partial charge in [-0.1, -0.05) is 133 Å². The van der Waals surface area contributed by atoms with E-state index in [4.69, 9.17) is 15.0 Å². The summed E-state index contributed by atoms with van der Waals surface area (Å²) < 4.78 is 7.46. The molecule has 4 aromatic heterocycles. The van der Waals surface area contributed by atoms with Gasteiger partial charge in [0, 0.05) is 73.5 Å². The SMILES string of the molecule is c1ccc(-c2nc(-c3ccc4sc5ccccc5c4c3)nc(-c3ccc(-n4c5ccccc5c5cc6ccccc6cc54)cc3-c3c4ccccc4cc4sc5ccccc5c34)n2)cc1. The lowest BCUT2D eigenvalue weighted by Crippen LogP contribution is -2.02. The van der Waals surface area contributed by atoms with E-state index in [1.807, 2.05) is 40.9 Å². The molecule has 0 aliphatic heterocycles. The quantitative estimate of drug-likeness (QED) is 0.173. The molecule has 0 spiro atoms. The zero-order valence-corrected chi connectivity index (χ0v) is 36.4. The second-order valence-corrected chi connectivity index (χ2v) is 18.9. The number of thiophene rings is 2. The molecule has 0 saturated heterocycles. The molecule has 0 N–H and O–H groups in total. The summed E-state index contributed by atoms with van der Waals surface area (Å²) in [5.41, 5.74) is 8.46. The summed E-state index contributed by atoms with van der Waals surface area (Å²) in [5.74, 6) is 1.90.